The van der Waals surface area contributed by atoms with E-state index in [1.807, 2.05) is 20.8 Å². The number of phenols is 2. The number of nitrogens with zero attached hydrogens (tertiary/aromatic N) is 2. The highest BCUT2D eigenvalue weighted by atomic mass is 16.5. The molecule has 0 aliphatic heterocycles. The van der Waals surface area contributed by atoms with Gasteiger partial charge in [-0.15, -0.1) is 0 Å². The summed E-state index contributed by atoms with van der Waals surface area (Å²) in [5.74, 6) is -0.00324. The van der Waals surface area contributed by atoms with Crippen LogP contribution in [-0.4, -0.2) is 27.0 Å². The maximum atomic E-state index is 9.76. The summed E-state index contributed by atoms with van der Waals surface area (Å²) in [6.45, 7) is 6.05. The van der Waals surface area contributed by atoms with Crippen LogP contribution in [0.15, 0.2) is 22.7 Å². The molecule has 0 atom stereocenters. The Labute approximate surface area is 110 Å². The molecule has 0 unspecified atom stereocenters. The molecule has 0 fully saturated rings. The summed E-state index contributed by atoms with van der Waals surface area (Å²) in [7, 11) is 0. The number of aromatic nitrogens is 2. The fourth-order valence-corrected chi connectivity index (χ4v) is 1.71. The number of ether oxygens (including phenoxy) is 1. The Hall–Kier alpha value is -2.08. The van der Waals surface area contributed by atoms with Crippen LogP contribution in [-0.2, 0) is 10.3 Å². The lowest BCUT2D eigenvalue weighted by Crippen LogP contribution is -2.23. The van der Waals surface area contributed by atoms with Crippen LogP contribution in [0.25, 0.3) is 11.5 Å². The molecule has 1 aromatic heterocycles. The largest absolute Gasteiger partial charge is 0.504 e. The first-order valence-corrected chi connectivity index (χ1v) is 5.95. The number of benzene rings is 1. The maximum absolute atomic E-state index is 9.76. The Balaban J connectivity index is 2.39. The molecule has 6 nitrogen and oxygen atoms in total. The molecule has 0 radical (unpaired) electrons. The fourth-order valence-electron chi connectivity index (χ4n) is 1.71. The Morgan fingerprint density at radius 3 is 2.74 bits per heavy atom. The lowest BCUT2D eigenvalue weighted by atomic mass is 10.1. The maximum Gasteiger partial charge on any atom is 0.261 e. The Kier molecular flexibility index (Phi) is 3.44. The Bertz CT molecular complexity index is 578. The van der Waals surface area contributed by atoms with Crippen molar-refractivity contribution in [3.8, 4) is 23.0 Å². The van der Waals surface area contributed by atoms with Gasteiger partial charge in [-0.25, -0.2) is 0 Å². The van der Waals surface area contributed by atoms with Gasteiger partial charge in [0.15, 0.2) is 11.5 Å². The van der Waals surface area contributed by atoms with Gasteiger partial charge in [-0.1, -0.05) is 11.2 Å². The van der Waals surface area contributed by atoms with Gasteiger partial charge in [-0.3, -0.25) is 0 Å². The number of hydrogen-bond acceptors (Lipinski definition) is 6. The molecule has 1 aromatic carbocycles. The van der Waals surface area contributed by atoms with Gasteiger partial charge in [0, 0.05) is 6.61 Å². The first-order valence-electron chi connectivity index (χ1n) is 5.95. The second kappa shape index (κ2) is 4.89. The molecular formula is C13H16N2O4. The molecule has 0 bridgehead atoms. The van der Waals surface area contributed by atoms with Crippen LogP contribution < -0.4 is 0 Å². The summed E-state index contributed by atoms with van der Waals surface area (Å²) in [5, 5.41) is 23.1. The number of para-hydroxylation sites is 1. The van der Waals surface area contributed by atoms with Crippen LogP contribution in [0.2, 0.25) is 0 Å². The van der Waals surface area contributed by atoms with E-state index < -0.39 is 5.60 Å². The molecule has 102 valence electrons. The molecule has 0 amide bonds. The molecule has 1 heterocycles. The van der Waals surface area contributed by atoms with Crippen molar-refractivity contribution in [2.45, 2.75) is 26.4 Å². The quantitative estimate of drug-likeness (QED) is 0.824. The van der Waals surface area contributed by atoms with Crippen LogP contribution in [0.5, 0.6) is 11.5 Å². The average molecular weight is 264 g/mol. The van der Waals surface area contributed by atoms with Crippen molar-refractivity contribution in [1.82, 2.24) is 10.1 Å². The highest BCUT2D eigenvalue weighted by Crippen LogP contribution is 2.36. The van der Waals surface area contributed by atoms with Crippen molar-refractivity contribution in [2.24, 2.45) is 0 Å². The van der Waals surface area contributed by atoms with E-state index in [0.717, 1.165) is 0 Å². The lowest BCUT2D eigenvalue weighted by Gasteiger charge is -2.19. The molecule has 0 spiro atoms. The number of aromatic hydroxyl groups is 2. The van der Waals surface area contributed by atoms with Crippen molar-refractivity contribution in [1.29, 1.82) is 0 Å². The van der Waals surface area contributed by atoms with Gasteiger partial charge >= 0.3 is 0 Å². The lowest BCUT2D eigenvalue weighted by molar-refractivity contribution is -0.0221. The third-order valence-corrected chi connectivity index (χ3v) is 2.71. The average Bonchev–Trinajstić information content (AvgIpc) is 2.82. The summed E-state index contributed by atoms with van der Waals surface area (Å²) in [6.07, 6.45) is 0. The van der Waals surface area contributed by atoms with Gasteiger partial charge in [0.05, 0.1) is 5.56 Å². The van der Waals surface area contributed by atoms with Gasteiger partial charge in [0.25, 0.3) is 5.89 Å². The molecule has 0 aliphatic carbocycles. The summed E-state index contributed by atoms with van der Waals surface area (Å²) in [6, 6.07) is 4.54. The molecule has 2 rings (SSSR count). The van der Waals surface area contributed by atoms with Gasteiger partial charge in [-0.05, 0) is 32.9 Å². The van der Waals surface area contributed by atoms with E-state index in [0.29, 0.717) is 12.4 Å². The topological polar surface area (TPSA) is 88.6 Å². The molecule has 19 heavy (non-hydrogen) atoms. The predicted molar refractivity (Wildman–Crippen MR) is 67.7 cm³/mol. The van der Waals surface area contributed by atoms with E-state index in [-0.39, 0.29) is 23.0 Å². The second-order valence-corrected chi connectivity index (χ2v) is 4.54. The van der Waals surface area contributed by atoms with Crippen LogP contribution >= 0.6 is 0 Å². The standard InChI is InChI=1S/C13H16N2O4/c1-4-18-13(2,3)12-14-11(19-15-12)8-6-5-7-9(16)10(8)17/h5-7,16-17H,4H2,1-3H3. The second-order valence-electron chi connectivity index (χ2n) is 4.54. The summed E-state index contributed by atoms with van der Waals surface area (Å²) < 4.78 is 10.6. The van der Waals surface area contributed by atoms with Crippen molar-refractivity contribution in [2.75, 3.05) is 6.61 Å². The molecule has 0 saturated heterocycles. The third-order valence-electron chi connectivity index (χ3n) is 2.71. The van der Waals surface area contributed by atoms with E-state index in [4.69, 9.17) is 9.26 Å². The normalized spacial score (nSPS) is 11.7. The van der Waals surface area contributed by atoms with E-state index in [9.17, 15) is 10.2 Å². The third kappa shape index (κ3) is 2.53. The number of rotatable bonds is 4. The minimum absolute atomic E-state index is 0.135. The molecular weight excluding hydrogens is 248 g/mol. The summed E-state index contributed by atoms with van der Waals surface area (Å²) >= 11 is 0. The van der Waals surface area contributed by atoms with Crippen LogP contribution in [0, 0.1) is 0 Å². The number of phenolic OH excluding ortho intramolecular Hbond substituents is 2. The van der Waals surface area contributed by atoms with Crippen LogP contribution in [0.1, 0.15) is 26.6 Å². The van der Waals surface area contributed by atoms with Crippen molar-refractivity contribution < 1.29 is 19.5 Å². The van der Waals surface area contributed by atoms with Crippen molar-refractivity contribution in [3.63, 3.8) is 0 Å². The predicted octanol–water partition coefficient (Wildman–Crippen LogP) is 2.42. The smallest absolute Gasteiger partial charge is 0.261 e. The van der Waals surface area contributed by atoms with Crippen LogP contribution in [0.3, 0.4) is 0 Å². The van der Waals surface area contributed by atoms with Gasteiger partial charge < -0.3 is 19.5 Å². The first-order chi connectivity index (χ1) is 8.95. The van der Waals surface area contributed by atoms with Crippen LogP contribution in [0.4, 0.5) is 0 Å². The van der Waals surface area contributed by atoms with Gasteiger partial charge in [-0.2, -0.15) is 4.98 Å². The van der Waals surface area contributed by atoms with E-state index in [1.54, 1.807) is 12.1 Å². The molecule has 0 saturated carbocycles. The van der Waals surface area contributed by atoms with Gasteiger partial charge in [0.2, 0.25) is 5.82 Å². The monoisotopic (exact) mass is 264 g/mol. The van der Waals surface area contributed by atoms with E-state index in [1.165, 1.54) is 6.07 Å². The fraction of sp³-hybridized carbons (Fsp3) is 0.385. The number of hydrogen-bond donors (Lipinski definition) is 2. The minimum atomic E-state index is -0.678. The Morgan fingerprint density at radius 2 is 2.05 bits per heavy atom. The highest BCUT2D eigenvalue weighted by Gasteiger charge is 2.28. The zero-order valence-corrected chi connectivity index (χ0v) is 11.0. The molecule has 0 aliphatic rings. The zero-order valence-electron chi connectivity index (χ0n) is 11.0. The molecule has 2 aromatic rings. The van der Waals surface area contributed by atoms with E-state index in [2.05, 4.69) is 10.1 Å². The zero-order chi connectivity index (χ0) is 14.0. The summed E-state index contributed by atoms with van der Waals surface area (Å²) in [5.41, 5.74) is -0.394. The SMILES string of the molecule is CCOC(C)(C)c1noc(-c2cccc(O)c2O)n1. The Morgan fingerprint density at radius 1 is 1.32 bits per heavy atom. The first kappa shape index (κ1) is 13.4. The van der Waals surface area contributed by atoms with E-state index >= 15 is 0 Å². The minimum Gasteiger partial charge on any atom is -0.504 e. The molecule has 2 N–H and O–H groups in total. The van der Waals surface area contributed by atoms with Crippen molar-refractivity contribution in [3.05, 3.63) is 24.0 Å². The van der Waals surface area contributed by atoms with Crippen molar-refractivity contribution >= 4 is 0 Å². The summed E-state index contributed by atoms with van der Waals surface area (Å²) in [4.78, 5) is 4.20. The molecule has 6 heteroatoms. The van der Waals surface area contributed by atoms with Gasteiger partial charge in [0.1, 0.15) is 5.60 Å². The highest BCUT2D eigenvalue weighted by molar-refractivity contribution is 5.66.